The number of ether oxygens (including phenoxy) is 2. The summed E-state index contributed by atoms with van der Waals surface area (Å²) in [4.78, 5) is 17.5. The van der Waals surface area contributed by atoms with Gasteiger partial charge in [0.1, 0.15) is 0 Å². The molecule has 3 heterocycles. The Balaban J connectivity index is 1.68. The number of aryl methyl sites for hydroxylation is 1. The Kier molecular flexibility index (Phi) is 3.64. The van der Waals surface area contributed by atoms with Crippen LogP contribution in [0.2, 0.25) is 0 Å². The maximum absolute atomic E-state index is 12.6. The predicted molar refractivity (Wildman–Crippen MR) is 95.2 cm³/mol. The molecule has 1 aliphatic carbocycles. The van der Waals surface area contributed by atoms with Gasteiger partial charge in [0.25, 0.3) is 0 Å². The smallest absolute Gasteiger partial charge is 0.324 e. The van der Waals surface area contributed by atoms with Gasteiger partial charge in [0, 0.05) is 31.1 Å². The van der Waals surface area contributed by atoms with Crippen molar-refractivity contribution in [1.82, 2.24) is 14.1 Å². The molecule has 25 heavy (non-hydrogen) atoms. The maximum Gasteiger partial charge on any atom is 0.330 e. The average Bonchev–Trinajstić information content (AvgIpc) is 3.11. The summed E-state index contributed by atoms with van der Waals surface area (Å²) in [5, 5.41) is 0. The molecule has 3 unspecified atom stereocenters. The van der Waals surface area contributed by atoms with Gasteiger partial charge in [-0.2, -0.15) is 0 Å². The summed E-state index contributed by atoms with van der Waals surface area (Å²) in [6.07, 6.45) is -0.206. The first-order valence-electron chi connectivity index (χ1n) is 9.04. The van der Waals surface area contributed by atoms with Crippen molar-refractivity contribution in [1.29, 1.82) is 0 Å². The Hall–Kier alpha value is -1.66. The number of hydrogen-bond donors (Lipinski definition) is 0. The fourth-order valence-electron chi connectivity index (χ4n) is 4.05. The zero-order valence-corrected chi connectivity index (χ0v) is 15.8. The van der Waals surface area contributed by atoms with Gasteiger partial charge in [-0.1, -0.05) is 27.7 Å². The summed E-state index contributed by atoms with van der Waals surface area (Å²) >= 11 is 0. The zero-order valence-electron chi connectivity index (χ0n) is 15.8. The molecule has 1 aliphatic heterocycles. The van der Waals surface area contributed by atoms with Crippen LogP contribution in [-0.4, -0.2) is 26.7 Å². The van der Waals surface area contributed by atoms with Crippen LogP contribution in [0.25, 0.3) is 11.2 Å². The summed E-state index contributed by atoms with van der Waals surface area (Å²) in [5.74, 6) is 1.17. The molecule has 2 fully saturated rings. The molecule has 6 nitrogen and oxygen atoms in total. The van der Waals surface area contributed by atoms with Crippen LogP contribution in [-0.2, 0) is 23.1 Å². The number of imidazole rings is 1. The first kappa shape index (κ1) is 16.8. The fraction of sp³-hybridized carbons (Fsp3) is 0.684. The van der Waals surface area contributed by atoms with Crippen molar-refractivity contribution >= 4 is 11.2 Å². The molecule has 0 aromatic carbocycles. The van der Waals surface area contributed by atoms with Crippen molar-refractivity contribution in [2.24, 2.45) is 24.3 Å². The molecule has 1 saturated heterocycles. The third kappa shape index (κ3) is 2.72. The minimum absolute atomic E-state index is 0.00513. The lowest BCUT2D eigenvalue weighted by molar-refractivity contribution is -0.384. The Labute approximate surface area is 147 Å². The lowest BCUT2D eigenvalue weighted by Crippen LogP contribution is -2.40. The quantitative estimate of drug-likeness (QED) is 0.858. The van der Waals surface area contributed by atoms with Crippen molar-refractivity contribution in [3.63, 3.8) is 0 Å². The minimum atomic E-state index is -0.109. The molecule has 136 valence electrons. The van der Waals surface area contributed by atoms with Crippen molar-refractivity contribution in [3.8, 4) is 0 Å². The Morgan fingerprint density at radius 3 is 2.48 bits per heavy atom. The van der Waals surface area contributed by atoms with Gasteiger partial charge < -0.3 is 9.47 Å². The largest absolute Gasteiger partial charge is 0.330 e. The van der Waals surface area contributed by atoms with Crippen molar-refractivity contribution in [3.05, 3.63) is 28.3 Å². The second kappa shape index (κ2) is 5.42. The first-order chi connectivity index (χ1) is 11.7. The lowest BCUT2D eigenvalue weighted by atomic mass is 9.97. The highest BCUT2D eigenvalue weighted by Crippen LogP contribution is 2.57. The molecule has 4 rings (SSSR count). The van der Waals surface area contributed by atoms with Crippen LogP contribution in [0.4, 0.5) is 0 Å². The highest BCUT2D eigenvalue weighted by atomic mass is 16.9. The number of aromatic nitrogens is 3. The number of rotatable bonds is 3. The number of pyridine rings is 1. The molecule has 0 spiro atoms. The van der Waals surface area contributed by atoms with Crippen LogP contribution in [0.1, 0.15) is 46.2 Å². The van der Waals surface area contributed by atoms with Crippen LogP contribution in [0.15, 0.2) is 16.9 Å². The van der Waals surface area contributed by atoms with Crippen LogP contribution in [0.3, 0.4) is 0 Å². The van der Waals surface area contributed by atoms with Crippen LogP contribution in [0.5, 0.6) is 0 Å². The van der Waals surface area contributed by atoms with Gasteiger partial charge in [0.05, 0.1) is 5.52 Å². The second-order valence-corrected chi connectivity index (χ2v) is 8.74. The number of fused-ring (bicyclic) bond motifs is 1. The third-order valence-corrected chi connectivity index (χ3v) is 5.39. The summed E-state index contributed by atoms with van der Waals surface area (Å²) in [6.45, 7) is 11.2. The number of hydrogen-bond acceptors (Lipinski definition) is 4. The summed E-state index contributed by atoms with van der Waals surface area (Å²) in [5.41, 5.74) is 2.71. The van der Waals surface area contributed by atoms with Gasteiger partial charge in [-0.05, 0) is 30.4 Å². The van der Waals surface area contributed by atoms with E-state index in [4.69, 9.17) is 14.5 Å². The van der Waals surface area contributed by atoms with E-state index < -0.39 is 0 Å². The molecule has 0 N–H and O–H groups in total. The Morgan fingerprint density at radius 1 is 1.20 bits per heavy atom. The summed E-state index contributed by atoms with van der Waals surface area (Å²) in [7, 11) is 1.80. The van der Waals surface area contributed by atoms with E-state index in [1.165, 1.54) is 0 Å². The first-order valence-corrected chi connectivity index (χ1v) is 9.04. The molecule has 3 atom stereocenters. The molecule has 6 heteroatoms. The molecular formula is C19H27N3O3. The molecule has 2 aromatic rings. The highest BCUT2D eigenvalue weighted by Gasteiger charge is 2.57. The summed E-state index contributed by atoms with van der Waals surface area (Å²) in [6, 6.07) is 4.10. The topological polar surface area (TPSA) is 58.3 Å². The van der Waals surface area contributed by atoms with Gasteiger partial charge in [-0.25, -0.2) is 9.78 Å². The van der Waals surface area contributed by atoms with Crippen LogP contribution >= 0.6 is 0 Å². The van der Waals surface area contributed by atoms with E-state index >= 15 is 0 Å². The lowest BCUT2D eigenvalue weighted by Gasteiger charge is -2.34. The van der Waals surface area contributed by atoms with E-state index in [1.807, 2.05) is 17.6 Å². The normalized spacial score (nSPS) is 32.0. The SMILES string of the molecule is CC1OC(C2C(C)C2c2ccc3c(n2)n(C)c(=O)n3CC(C)(C)C)O1. The highest BCUT2D eigenvalue weighted by molar-refractivity contribution is 5.72. The molecule has 0 bridgehead atoms. The van der Waals surface area contributed by atoms with Crippen molar-refractivity contribution in [2.45, 2.75) is 59.7 Å². The van der Waals surface area contributed by atoms with E-state index in [1.54, 1.807) is 11.6 Å². The van der Waals surface area contributed by atoms with Crippen LogP contribution in [0, 0.1) is 17.3 Å². The predicted octanol–water partition coefficient (Wildman–Crippen LogP) is 2.85. The molecule has 1 saturated carbocycles. The molecule has 0 radical (unpaired) electrons. The molecule has 2 aromatic heterocycles. The van der Waals surface area contributed by atoms with E-state index in [2.05, 4.69) is 33.8 Å². The fourth-order valence-corrected chi connectivity index (χ4v) is 4.05. The minimum Gasteiger partial charge on any atom is -0.324 e. The van der Waals surface area contributed by atoms with E-state index in [0.717, 1.165) is 16.9 Å². The summed E-state index contributed by atoms with van der Waals surface area (Å²) < 4.78 is 14.8. The second-order valence-electron chi connectivity index (χ2n) is 8.74. The third-order valence-electron chi connectivity index (χ3n) is 5.39. The van der Waals surface area contributed by atoms with Crippen LogP contribution < -0.4 is 5.69 Å². The van der Waals surface area contributed by atoms with E-state index in [9.17, 15) is 4.79 Å². The van der Waals surface area contributed by atoms with E-state index in [-0.39, 0.29) is 23.7 Å². The molecule has 0 amide bonds. The van der Waals surface area contributed by atoms with Gasteiger partial charge >= 0.3 is 5.69 Å². The number of nitrogens with zero attached hydrogens (tertiary/aromatic N) is 3. The maximum atomic E-state index is 12.6. The zero-order chi connectivity index (χ0) is 18.1. The standard InChI is InChI=1S/C19H27N3O3/c1-10-14(15(10)17-24-11(2)25-17)12-7-8-13-16(20-12)21(6)18(23)22(13)9-19(3,4)5/h7-8,10-11,14-15,17H,9H2,1-6H3. The van der Waals surface area contributed by atoms with E-state index in [0.29, 0.717) is 24.3 Å². The average molecular weight is 345 g/mol. The van der Waals surface area contributed by atoms with Gasteiger partial charge in [0.2, 0.25) is 0 Å². The Bertz CT molecular complexity index is 870. The molecule has 2 aliphatic rings. The van der Waals surface area contributed by atoms with Crippen molar-refractivity contribution < 1.29 is 9.47 Å². The van der Waals surface area contributed by atoms with Gasteiger partial charge in [-0.3, -0.25) is 9.13 Å². The van der Waals surface area contributed by atoms with Gasteiger partial charge in [-0.15, -0.1) is 0 Å². The molecular weight excluding hydrogens is 318 g/mol. The van der Waals surface area contributed by atoms with Crippen molar-refractivity contribution in [2.75, 3.05) is 0 Å². The van der Waals surface area contributed by atoms with Gasteiger partial charge in [0.15, 0.2) is 18.2 Å². The monoisotopic (exact) mass is 345 g/mol. The Morgan fingerprint density at radius 2 is 1.88 bits per heavy atom.